The van der Waals surface area contributed by atoms with Gasteiger partial charge in [-0.25, -0.2) is 4.98 Å². The zero-order valence-electron chi connectivity index (χ0n) is 29.2. The third-order valence-corrected chi connectivity index (χ3v) is 10.4. The molecule has 12 heteroatoms. The Kier molecular flexibility index (Phi) is 12.6. The maximum atomic E-state index is 14.4. The second-order valence-electron chi connectivity index (χ2n) is 13.9. The highest BCUT2D eigenvalue weighted by Crippen LogP contribution is 2.40. The van der Waals surface area contributed by atoms with E-state index in [4.69, 9.17) is 42.1 Å². The van der Waals surface area contributed by atoms with E-state index in [1.807, 2.05) is 37.4 Å². The number of pyridine rings is 1. The predicted octanol–water partition coefficient (Wildman–Crippen LogP) is 6.72. The molecule has 51 heavy (non-hydrogen) atoms. The average Bonchev–Trinajstić information content (AvgIpc) is 4.05. The minimum atomic E-state index is -0.761. The number of hydrogen-bond acceptors (Lipinski definition) is 8. The molecule has 0 radical (unpaired) electrons. The third-order valence-electron chi connectivity index (χ3n) is 9.88. The summed E-state index contributed by atoms with van der Waals surface area (Å²) in [6.45, 7) is 5.39. The van der Waals surface area contributed by atoms with E-state index in [-0.39, 0.29) is 48.8 Å². The number of rotatable bonds is 18. The molecular formula is C39H47Cl2N3O7. The number of benzene rings is 2. The average molecular weight is 741 g/mol. The van der Waals surface area contributed by atoms with E-state index in [0.29, 0.717) is 54.4 Å². The summed E-state index contributed by atoms with van der Waals surface area (Å²) in [4.78, 5) is 32.4. The Bertz CT molecular complexity index is 1650. The van der Waals surface area contributed by atoms with Gasteiger partial charge < -0.3 is 34.3 Å². The molecule has 274 valence electrons. The summed E-state index contributed by atoms with van der Waals surface area (Å²) in [6, 6.07) is 13.9. The Morgan fingerprint density at radius 3 is 2.41 bits per heavy atom. The van der Waals surface area contributed by atoms with E-state index in [0.717, 1.165) is 66.7 Å². The molecule has 2 aliphatic carbocycles. The molecular weight excluding hydrogens is 693 g/mol. The molecule has 2 heterocycles. The smallest absolute Gasteiger partial charge is 0.306 e. The topological polar surface area (TPSA) is 119 Å². The lowest BCUT2D eigenvalue weighted by molar-refractivity contribution is -0.139. The SMILES string of the molecule is COCCCc1cc(CN(C(=O)[C@H]2CNCC[C@@H]2c2ccc(OCCOc3c(Cl)cc(C)cc3Cl)nc2)C2CC2)cc(OC[C@@H]2C[C@H]2C(=O)O)c1. The highest BCUT2D eigenvalue weighted by molar-refractivity contribution is 6.37. The number of carbonyl (C=O) groups is 2. The van der Waals surface area contributed by atoms with E-state index >= 15 is 0 Å². The van der Waals surface area contributed by atoms with Crippen molar-refractivity contribution in [3.05, 3.63) is 81.0 Å². The largest absolute Gasteiger partial charge is 0.493 e. The van der Waals surface area contributed by atoms with Crippen LogP contribution < -0.4 is 19.5 Å². The number of aryl methyl sites for hydroxylation is 2. The summed E-state index contributed by atoms with van der Waals surface area (Å²) in [6.07, 6.45) is 6.97. The molecule has 0 unspecified atom stereocenters. The van der Waals surface area contributed by atoms with Gasteiger partial charge in [-0.1, -0.05) is 35.3 Å². The van der Waals surface area contributed by atoms with Gasteiger partial charge in [0, 0.05) is 51.0 Å². The van der Waals surface area contributed by atoms with Crippen LogP contribution in [0, 0.1) is 24.7 Å². The monoisotopic (exact) mass is 739 g/mol. The lowest BCUT2D eigenvalue weighted by Gasteiger charge is -2.35. The van der Waals surface area contributed by atoms with Crippen LogP contribution in [0.15, 0.2) is 48.7 Å². The quantitative estimate of drug-likeness (QED) is 0.137. The summed E-state index contributed by atoms with van der Waals surface area (Å²) in [5.74, 6) is 0.532. The summed E-state index contributed by atoms with van der Waals surface area (Å²) in [5.41, 5.74) is 4.11. The number of nitrogens with zero attached hydrogens (tertiary/aromatic N) is 2. The molecule has 1 saturated heterocycles. The van der Waals surface area contributed by atoms with Crippen molar-refractivity contribution in [1.29, 1.82) is 0 Å². The van der Waals surface area contributed by atoms with E-state index in [9.17, 15) is 14.7 Å². The Hall–Kier alpha value is -3.57. The molecule has 1 aromatic heterocycles. The highest BCUT2D eigenvalue weighted by Gasteiger charge is 2.44. The van der Waals surface area contributed by atoms with Gasteiger partial charge in [0.1, 0.15) is 19.0 Å². The van der Waals surface area contributed by atoms with Crippen LogP contribution in [0.2, 0.25) is 10.0 Å². The number of aliphatic carboxylic acids is 1. The normalized spacial score (nSPS) is 21.2. The van der Waals surface area contributed by atoms with Gasteiger partial charge in [-0.2, -0.15) is 0 Å². The fourth-order valence-corrected chi connectivity index (χ4v) is 7.62. The number of aromatic nitrogens is 1. The Labute approximate surface area is 309 Å². The molecule has 1 aliphatic heterocycles. The highest BCUT2D eigenvalue weighted by atomic mass is 35.5. The van der Waals surface area contributed by atoms with Crippen LogP contribution in [-0.4, -0.2) is 79.5 Å². The van der Waals surface area contributed by atoms with Gasteiger partial charge in [-0.3, -0.25) is 9.59 Å². The predicted molar refractivity (Wildman–Crippen MR) is 195 cm³/mol. The molecule has 4 atom stereocenters. The van der Waals surface area contributed by atoms with Crippen LogP contribution in [-0.2, 0) is 27.3 Å². The number of methoxy groups -OCH3 is 1. The molecule has 2 N–H and O–H groups in total. The lowest BCUT2D eigenvalue weighted by Crippen LogP contribution is -2.47. The van der Waals surface area contributed by atoms with Crippen molar-refractivity contribution < 1.29 is 33.6 Å². The van der Waals surface area contributed by atoms with Crippen molar-refractivity contribution in [3.8, 4) is 17.4 Å². The first-order chi connectivity index (χ1) is 24.7. The number of hydrogen-bond donors (Lipinski definition) is 2. The van der Waals surface area contributed by atoms with Gasteiger partial charge in [0.15, 0.2) is 5.75 Å². The molecule has 1 amide bonds. The summed E-state index contributed by atoms with van der Waals surface area (Å²) >= 11 is 12.6. The molecule has 2 saturated carbocycles. The first kappa shape index (κ1) is 37.2. The van der Waals surface area contributed by atoms with Gasteiger partial charge in [-0.15, -0.1) is 0 Å². The fourth-order valence-electron chi connectivity index (χ4n) is 6.92. The fraction of sp³-hybridized carbons (Fsp3) is 0.513. The Balaban J connectivity index is 1.09. The number of halogens is 2. The minimum absolute atomic E-state index is 0.0238. The molecule has 3 aliphatic rings. The molecule has 0 spiro atoms. The maximum absolute atomic E-state index is 14.4. The van der Waals surface area contributed by atoms with Gasteiger partial charge in [0.05, 0.1) is 28.5 Å². The van der Waals surface area contributed by atoms with Crippen molar-refractivity contribution in [2.24, 2.45) is 17.8 Å². The minimum Gasteiger partial charge on any atom is -0.493 e. The standard InChI is InChI=1S/C39H47Cl2N3O7/c1-24-14-34(40)37(35(41)15-24)50-13-12-49-36-8-5-27(20-43-36)31-9-10-42-21-33(31)38(45)44(29-6-7-29)22-26-16-25(4-3-11-48-2)17-30(18-26)51-23-28-19-32(28)39(46)47/h5,8,14-18,20,28-29,31-33,42H,3-4,6-7,9-13,19,21-23H2,1-2H3,(H,46,47)/t28-,31+,32+,33-/m0/s1. The van der Waals surface area contributed by atoms with Crippen molar-refractivity contribution in [2.75, 3.05) is 46.6 Å². The Morgan fingerprint density at radius 2 is 1.73 bits per heavy atom. The first-order valence-corrected chi connectivity index (χ1v) is 18.6. The number of carboxylic acids is 1. The van der Waals surface area contributed by atoms with E-state index < -0.39 is 5.97 Å². The number of piperidine rings is 1. The zero-order chi connectivity index (χ0) is 35.9. The van der Waals surface area contributed by atoms with Crippen molar-refractivity contribution in [3.63, 3.8) is 0 Å². The van der Waals surface area contributed by atoms with Crippen molar-refractivity contribution >= 4 is 35.1 Å². The molecule has 3 aromatic rings. The van der Waals surface area contributed by atoms with Gasteiger partial charge in [0.25, 0.3) is 0 Å². The number of ether oxygens (including phenoxy) is 4. The first-order valence-electron chi connectivity index (χ1n) is 17.9. The van der Waals surface area contributed by atoms with Crippen LogP contribution in [0.4, 0.5) is 0 Å². The van der Waals surface area contributed by atoms with Crippen molar-refractivity contribution in [2.45, 2.75) is 64.0 Å². The summed E-state index contributed by atoms with van der Waals surface area (Å²) in [5, 5.41) is 13.7. The van der Waals surface area contributed by atoms with E-state index in [2.05, 4.69) is 21.3 Å². The molecule has 6 rings (SSSR count). The second kappa shape index (κ2) is 17.3. The molecule has 0 bridgehead atoms. The van der Waals surface area contributed by atoms with E-state index in [1.165, 1.54) is 0 Å². The van der Waals surface area contributed by atoms with E-state index in [1.54, 1.807) is 19.2 Å². The van der Waals surface area contributed by atoms with Crippen LogP contribution >= 0.6 is 23.2 Å². The summed E-state index contributed by atoms with van der Waals surface area (Å²) in [7, 11) is 1.70. The van der Waals surface area contributed by atoms with Crippen molar-refractivity contribution in [1.82, 2.24) is 15.2 Å². The van der Waals surface area contributed by atoms with Crippen LogP contribution in [0.1, 0.15) is 60.3 Å². The van der Waals surface area contributed by atoms with Crippen LogP contribution in [0.5, 0.6) is 17.4 Å². The Morgan fingerprint density at radius 1 is 0.961 bits per heavy atom. The molecule has 3 fully saturated rings. The van der Waals surface area contributed by atoms with Gasteiger partial charge in [0.2, 0.25) is 11.8 Å². The number of carboxylic acid groups (broad SMARTS) is 1. The molecule has 10 nitrogen and oxygen atoms in total. The van der Waals surface area contributed by atoms with Gasteiger partial charge >= 0.3 is 5.97 Å². The van der Waals surface area contributed by atoms with Crippen LogP contribution in [0.3, 0.4) is 0 Å². The second-order valence-corrected chi connectivity index (χ2v) is 14.7. The third kappa shape index (κ3) is 10.1. The number of nitrogens with one attached hydrogen (secondary N) is 1. The van der Waals surface area contributed by atoms with Crippen LogP contribution in [0.25, 0.3) is 0 Å². The number of amides is 1. The zero-order valence-corrected chi connectivity index (χ0v) is 30.8. The summed E-state index contributed by atoms with van der Waals surface area (Å²) < 4.78 is 23.0. The maximum Gasteiger partial charge on any atom is 0.306 e. The van der Waals surface area contributed by atoms with Gasteiger partial charge in [-0.05, 0) is 104 Å². The number of carbonyl (C=O) groups excluding carboxylic acids is 1. The molecule has 2 aromatic carbocycles. The lowest BCUT2D eigenvalue weighted by atomic mass is 9.81.